The van der Waals surface area contributed by atoms with Crippen LogP contribution < -0.4 is 15.8 Å². The monoisotopic (exact) mass is 254 g/mol. The summed E-state index contributed by atoms with van der Waals surface area (Å²) in [5.74, 6) is 3.45. The highest BCUT2D eigenvalue weighted by Crippen LogP contribution is 2.31. The molecule has 0 saturated heterocycles. The van der Waals surface area contributed by atoms with Gasteiger partial charge in [0, 0.05) is 18.0 Å². The first-order chi connectivity index (χ1) is 9.31. The average Bonchev–Trinajstić information content (AvgIpc) is 2.48. The maximum absolute atomic E-state index is 5.84. The van der Waals surface area contributed by atoms with Crippen LogP contribution in [-0.4, -0.2) is 20.2 Å². The van der Waals surface area contributed by atoms with Gasteiger partial charge in [-0.15, -0.1) is 6.42 Å². The van der Waals surface area contributed by atoms with Crippen LogP contribution in [0.25, 0.3) is 10.8 Å². The molecule has 0 aliphatic rings. The minimum atomic E-state index is 0.0480. The quantitative estimate of drug-likeness (QED) is 0.803. The van der Waals surface area contributed by atoms with Crippen molar-refractivity contribution in [2.45, 2.75) is 6.04 Å². The van der Waals surface area contributed by atoms with Crippen LogP contribution in [0.1, 0.15) is 11.6 Å². The molecule has 0 aromatic heterocycles. The number of methoxy groups -OCH3 is 1. The standard InChI is InChI=1S/C16H18N2O/c1-3-10-18-15(11-17)13-8-9-16(19-2)14-7-5-4-6-12(13)14/h1,4-9,15,18H,10-11,17H2,2H3. The van der Waals surface area contributed by atoms with Gasteiger partial charge in [-0.05, 0) is 17.0 Å². The molecular formula is C16H18N2O. The highest BCUT2D eigenvalue weighted by atomic mass is 16.5. The molecule has 0 amide bonds. The van der Waals surface area contributed by atoms with Gasteiger partial charge in [-0.3, -0.25) is 5.32 Å². The van der Waals surface area contributed by atoms with Crippen LogP contribution in [0.5, 0.6) is 5.75 Å². The van der Waals surface area contributed by atoms with Crippen molar-refractivity contribution < 1.29 is 4.74 Å². The Balaban J connectivity index is 2.52. The van der Waals surface area contributed by atoms with Gasteiger partial charge in [0.25, 0.3) is 0 Å². The molecule has 0 spiro atoms. The van der Waals surface area contributed by atoms with E-state index in [0.717, 1.165) is 22.1 Å². The molecule has 3 N–H and O–H groups in total. The van der Waals surface area contributed by atoms with E-state index < -0.39 is 0 Å². The van der Waals surface area contributed by atoms with Crippen molar-refractivity contribution >= 4 is 10.8 Å². The summed E-state index contributed by atoms with van der Waals surface area (Å²) in [6, 6.07) is 12.2. The first kappa shape index (κ1) is 13.4. The van der Waals surface area contributed by atoms with Crippen LogP contribution in [0.4, 0.5) is 0 Å². The van der Waals surface area contributed by atoms with Gasteiger partial charge in [-0.1, -0.05) is 36.3 Å². The summed E-state index contributed by atoms with van der Waals surface area (Å²) >= 11 is 0. The second kappa shape index (κ2) is 6.24. The highest BCUT2D eigenvalue weighted by Gasteiger charge is 2.13. The number of nitrogens with two attached hydrogens (primary N) is 1. The first-order valence-corrected chi connectivity index (χ1v) is 6.24. The minimum absolute atomic E-state index is 0.0480. The minimum Gasteiger partial charge on any atom is -0.496 e. The highest BCUT2D eigenvalue weighted by molar-refractivity contribution is 5.91. The summed E-state index contributed by atoms with van der Waals surface area (Å²) in [6.45, 7) is 1.00. The van der Waals surface area contributed by atoms with Gasteiger partial charge in [-0.25, -0.2) is 0 Å². The molecule has 0 saturated carbocycles. The van der Waals surface area contributed by atoms with Crippen LogP contribution >= 0.6 is 0 Å². The second-order valence-electron chi connectivity index (χ2n) is 4.28. The smallest absolute Gasteiger partial charge is 0.126 e. The van der Waals surface area contributed by atoms with Crippen molar-refractivity contribution in [2.75, 3.05) is 20.2 Å². The summed E-state index contributed by atoms with van der Waals surface area (Å²) < 4.78 is 5.39. The number of hydrogen-bond acceptors (Lipinski definition) is 3. The SMILES string of the molecule is C#CCNC(CN)c1ccc(OC)c2ccccc12. The zero-order chi connectivity index (χ0) is 13.7. The van der Waals surface area contributed by atoms with Crippen LogP contribution in [0, 0.1) is 12.3 Å². The second-order valence-corrected chi connectivity index (χ2v) is 4.28. The predicted octanol–water partition coefficient (Wildman–Crippen LogP) is 2.07. The lowest BCUT2D eigenvalue weighted by Crippen LogP contribution is -2.28. The fraction of sp³-hybridized carbons (Fsp3) is 0.250. The zero-order valence-corrected chi connectivity index (χ0v) is 11.0. The molecule has 2 rings (SSSR count). The summed E-state index contributed by atoms with van der Waals surface area (Å²) in [6.07, 6.45) is 5.29. The van der Waals surface area contributed by atoms with Crippen molar-refractivity contribution in [2.24, 2.45) is 5.73 Å². The molecule has 0 aliphatic carbocycles. The van der Waals surface area contributed by atoms with E-state index in [4.69, 9.17) is 16.9 Å². The van der Waals surface area contributed by atoms with Crippen molar-refractivity contribution in [1.29, 1.82) is 0 Å². The first-order valence-electron chi connectivity index (χ1n) is 6.24. The van der Waals surface area contributed by atoms with Crippen molar-refractivity contribution in [3.05, 3.63) is 42.0 Å². The fourth-order valence-corrected chi connectivity index (χ4v) is 2.28. The number of benzene rings is 2. The Labute approximate surface area is 113 Å². The normalized spacial score (nSPS) is 12.1. The Kier molecular flexibility index (Phi) is 4.40. The third-order valence-electron chi connectivity index (χ3n) is 3.20. The Morgan fingerprint density at radius 3 is 2.63 bits per heavy atom. The fourth-order valence-electron chi connectivity index (χ4n) is 2.28. The van der Waals surface area contributed by atoms with Crippen LogP contribution in [0.15, 0.2) is 36.4 Å². The maximum Gasteiger partial charge on any atom is 0.126 e. The van der Waals surface area contributed by atoms with Gasteiger partial charge >= 0.3 is 0 Å². The van der Waals surface area contributed by atoms with E-state index in [9.17, 15) is 0 Å². The summed E-state index contributed by atoms with van der Waals surface area (Å²) in [7, 11) is 1.68. The van der Waals surface area contributed by atoms with Gasteiger partial charge in [0.2, 0.25) is 0 Å². The van der Waals surface area contributed by atoms with Gasteiger partial charge in [0.1, 0.15) is 5.75 Å². The molecule has 0 aliphatic heterocycles. The molecule has 3 heteroatoms. The van der Waals surface area contributed by atoms with E-state index >= 15 is 0 Å². The van der Waals surface area contributed by atoms with Gasteiger partial charge in [0.05, 0.1) is 13.7 Å². The van der Waals surface area contributed by atoms with Crippen LogP contribution in [-0.2, 0) is 0 Å². The molecule has 0 fully saturated rings. The molecule has 2 aromatic carbocycles. The lowest BCUT2D eigenvalue weighted by Gasteiger charge is -2.19. The Hall–Kier alpha value is -2.02. The van der Waals surface area contributed by atoms with E-state index in [0.29, 0.717) is 13.1 Å². The Morgan fingerprint density at radius 1 is 1.26 bits per heavy atom. The molecule has 3 nitrogen and oxygen atoms in total. The van der Waals surface area contributed by atoms with E-state index in [2.05, 4.69) is 17.3 Å². The molecule has 19 heavy (non-hydrogen) atoms. The Morgan fingerprint density at radius 2 is 2.00 bits per heavy atom. The number of nitrogens with one attached hydrogen (secondary N) is 1. The van der Waals surface area contributed by atoms with E-state index in [-0.39, 0.29) is 6.04 Å². The van der Waals surface area contributed by atoms with Crippen LogP contribution in [0.3, 0.4) is 0 Å². The van der Waals surface area contributed by atoms with Crippen molar-refractivity contribution in [3.63, 3.8) is 0 Å². The van der Waals surface area contributed by atoms with Gasteiger partial charge < -0.3 is 10.5 Å². The molecule has 0 bridgehead atoms. The zero-order valence-electron chi connectivity index (χ0n) is 11.0. The van der Waals surface area contributed by atoms with E-state index in [1.165, 1.54) is 0 Å². The number of ether oxygens (including phenoxy) is 1. The Bertz CT molecular complexity index is 601. The van der Waals surface area contributed by atoms with Crippen molar-refractivity contribution in [3.8, 4) is 18.1 Å². The third kappa shape index (κ3) is 2.70. The van der Waals surface area contributed by atoms with Crippen molar-refractivity contribution in [1.82, 2.24) is 5.32 Å². The van der Waals surface area contributed by atoms with E-state index in [1.807, 2.05) is 30.3 Å². The topological polar surface area (TPSA) is 47.3 Å². The number of terminal acetylenes is 1. The summed E-state index contributed by atoms with van der Waals surface area (Å²) in [5, 5.41) is 5.49. The molecule has 1 atom stereocenters. The predicted molar refractivity (Wildman–Crippen MR) is 79.1 cm³/mol. The molecule has 2 aromatic rings. The number of hydrogen-bond donors (Lipinski definition) is 2. The molecule has 0 radical (unpaired) electrons. The third-order valence-corrected chi connectivity index (χ3v) is 3.20. The molecule has 1 unspecified atom stereocenters. The van der Waals surface area contributed by atoms with Gasteiger partial charge in [0.15, 0.2) is 0 Å². The number of rotatable bonds is 5. The summed E-state index contributed by atoms with van der Waals surface area (Å²) in [5.41, 5.74) is 6.99. The molecule has 98 valence electrons. The van der Waals surface area contributed by atoms with Crippen LogP contribution in [0.2, 0.25) is 0 Å². The number of fused-ring (bicyclic) bond motifs is 1. The largest absolute Gasteiger partial charge is 0.496 e. The maximum atomic E-state index is 5.84. The summed E-state index contributed by atoms with van der Waals surface area (Å²) in [4.78, 5) is 0. The molecular weight excluding hydrogens is 236 g/mol. The van der Waals surface area contributed by atoms with Gasteiger partial charge in [-0.2, -0.15) is 0 Å². The lowest BCUT2D eigenvalue weighted by atomic mass is 9.98. The molecule has 0 heterocycles. The average molecular weight is 254 g/mol. The lowest BCUT2D eigenvalue weighted by molar-refractivity contribution is 0.419. The van der Waals surface area contributed by atoms with E-state index in [1.54, 1.807) is 7.11 Å².